The molecule has 158 valence electrons. The molecule has 0 bridgehead atoms. The number of hydrogen-bond acceptors (Lipinski definition) is 4. The monoisotopic (exact) mass is 489 g/mol. The maximum absolute atomic E-state index is 12.5. The number of para-hydroxylation sites is 1. The second-order valence-electron chi connectivity index (χ2n) is 6.80. The van der Waals surface area contributed by atoms with Crippen molar-refractivity contribution < 1.29 is 14.3 Å². The van der Waals surface area contributed by atoms with E-state index in [0.717, 1.165) is 0 Å². The van der Waals surface area contributed by atoms with Crippen molar-refractivity contribution in [3.05, 3.63) is 70.7 Å². The lowest BCUT2D eigenvalue weighted by atomic mass is 10.1. The number of benzene rings is 2. The molecule has 0 unspecified atom stereocenters. The Hall–Kier alpha value is -2.71. The Bertz CT molecular complexity index is 947. The van der Waals surface area contributed by atoms with Gasteiger partial charge in [-0.05, 0) is 64.4 Å². The molecule has 0 aliphatic heterocycles. The maximum atomic E-state index is 12.5. The summed E-state index contributed by atoms with van der Waals surface area (Å²) in [6.07, 6.45) is 1.59. The molecule has 0 fully saturated rings. The first-order valence-electron chi connectivity index (χ1n) is 9.34. The minimum atomic E-state index is -0.378. The van der Waals surface area contributed by atoms with E-state index in [1.54, 1.807) is 48.5 Å². The van der Waals surface area contributed by atoms with Crippen LogP contribution in [0.15, 0.2) is 59.6 Å². The molecule has 2 aromatic rings. The predicted molar refractivity (Wildman–Crippen MR) is 127 cm³/mol. The molecule has 30 heavy (non-hydrogen) atoms. The summed E-state index contributed by atoms with van der Waals surface area (Å²) in [5, 5.41) is 8.32. The zero-order chi connectivity index (χ0) is 22.1. The number of halogens is 1. The van der Waals surface area contributed by atoms with Crippen LogP contribution in [0.2, 0.25) is 0 Å². The molecule has 0 atom stereocenters. The van der Waals surface area contributed by atoms with Crippen molar-refractivity contribution in [3.63, 3.8) is 0 Å². The summed E-state index contributed by atoms with van der Waals surface area (Å²) in [5.41, 5.74) is 1.31. The molecule has 0 spiro atoms. The maximum Gasteiger partial charge on any atom is 0.257 e. The van der Waals surface area contributed by atoms with E-state index in [1.165, 1.54) is 0 Å². The number of hydrogen-bond donors (Lipinski definition) is 3. The Morgan fingerprint density at radius 2 is 1.93 bits per heavy atom. The number of thiocarbonyl (C=S) groups is 1. The van der Waals surface area contributed by atoms with E-state index in [4.69, 9.17) is 17.0 Å². The fourth-order valence-electron chi connectivity index (χ4n) is 2.39. The van der Waals surface area contributed by atoms with Crippen LogP contribution in [-0.2, 0) is 0 Å². The molecule has 0 saturated carbocycles. The van der Waals surface area contributed by atoms with Crippen molar-refractivity contribution in [1.29, 1.82) is 0 Å². The summed E-state index contributed by atoms with van der Waals surface area (Å²) >= 11 is 8.67. The number of carbonyl (C=O) groups excluding carboxylic acids is 2. The predicted octanol–water partition coefficient (Wildman–Crippen LogP) is 4.53. The van der Waals surface area contributed by atoms with Gasteiger partial charge in [0.25, 0.3) is 11.8 Å². The molecule has 6 nitrogen and oxygen atoms in total. The van der Waals surface area contributed by atoms with E-state index in [-0.39, 0.29) is 16.9 Å². The highest BCUT2D eigenvalue weighted by Gasteiger charge is 2.14. The van der Waals surface area contributed by atoms with Crippen molar-refractivity contribution in [2.75, 3.05) is 18.5 Å². The largest absolute Gasteiger partial charge is 0.492 e. The third-order valence-corrected chi connectivity index (χ3v) is 4.64. The first-order chi connectivity index (χ1) is 14.3. The van der Waals surface area contributed by atoms with Gasteiger partial charge in [-0.25, -0.2) is 0 Å². The van der Waals surface area contributed by atoms with Crippen molar-refractivity contribution in [1.82, 2.24) is 10.6 Å². The van der Waals surface area contributed by atoms with Gasteiger partial charge < -0.3 is 15.4 Å². The quantitative estimate of drug-likeness (QED) is 0.375. The van der Waals surface area contributed by atoms with E-state index >= 15 is 0 Å². The van der Waals surface area contributed by atoms with Gasteiger partial charge in [0.05, 0.1) is 22.3 Å². The molecule has 0 saturated heterocycles. The molecule has 0 aliphatic rings. The molecule has 0 aliphatic carbocycles. The van der Waals surface area contributed by atoms with Gasteiger partial charge in [0.2, 0.25) is 0 Å². The SMILES string of the molecule is C=CCNC(=O)c1ccccc1NC(=S)NC(=O)c1ccc(OCC(C)C)c(Br)c1. The van der Waals surface area contributed by atoms with Gasteiger partial charge in [0.1, 0.15) is 5.75 Å². The summed E-state index contributed by atoms with van der Waals surface area (Å²) in [5.74, 6) is 0.413. The molecular weight excluding hydrogens is 466 g/mol. The fraction of sp³-hybridized carbons (Fsp3) is 0.227. The fourth-order valence-corrected chi connectivity index (χ4v) is 3.09. The van der Waals surface area contributed by atoms with Gasteiger partial charge >= 0.3 is 0 Å². The highest BCUT2D eigenvalue weighted by molar-refractivity contribution is 9.10. The highest BCUT2D eigenvalue weighted by atomic mass is 79.9. The zero-order valence-electron chi connectivity index (χ0n) is 16.8. The molecule has 0 heterocycles. The molecular formula is C22H24BrN3O3S. The third-order valence-electron chi connectivity index (χ3n) is 3.82. The van der Waals surface area contributed by atoms with Gasteiger partial charge in [0.15, 0.2) is 5.11 Å². The van der Waals surface area contributed by atoms with Crippen molar-refractivity contribution >= 4 is 50.8 Å². The lowest BCUT2D eigenvalue weighted by Gasteiger charge is -2.14. The molecule has 0 aromatic heterocycles. The van der Waals surface area contributed by atoms with Gasteiger partial charge in [-0.1, -0.05) is 32.1 Å². The van der Waals surface area contributed by atoms with Gasteiger partial charge in [-0.15, -0.1) is 6.58 Å². The van der Waals surface area contributed by atoms with Crippen LogP contribution in [0.4, 0.5) is 5.69 Å². The van der Waals surface area contributed by atoms with Crippen molar-refractivity contribution in [2.45, 2.75) is 13.8 Å². The molecule has 3 N–H and O–H groups in total. The second kappa shape index (κ2) is 11.5. The Morgan fingerprint density at radius 1 is 1.20 bits per heavy atom. The van der Waals surface area contributed by atoms with Crippen molar-refractivity contribution in [3.8, 4) is 5.75 Å². The highest BCUT2D eigenvalue weighted by Crippen LogP contribution is 2.26. The van der Waals surface area contributed by atoms with Crippen LogP contribution in [0.25, 0.3) is 0 Å². The first kappa shape index (κ1) is 23.6. The zero-order valence-corrected chi connectivity index (χ0v) is 19.2. The van der Waals surface area contributed by atoms with Gasteiger partial charge in [-0.3, -0.25) is 14.9 Å². The first-order valence-corrected chi connectivity index (χ1v) is 10.5. The minimum Gasteiger partial charge on any atom is -0.492 e. The number of amides is 2. The van der Waals surface area contributed by atoms with Crippen LogP contribution in [0.3, 0.4) is 0 Å². The van der Waals surface area contributed by atoms with Crippen LogP contribution in [0.1, 0.15) is 34.6 Å². The molecule has 8 heteroatoms. The van der Waals surface area contributed by atoms with Crippen LogP contribution in [0, 0.1) is 5.92 Å². The third kappa shape index (κ3) is 6.96. The standard InChI is InChI=1S/C22H24BrN3O3S/c1-4-11-24-21(28)16-7-5-6-8-18(16)25-22(30)26-20(27)15-9-10-19(17(23)12-15)29-13-14(2)3/h4-10,12,14H,1,11,13H2,2-3H3,(H,24,28)(H2,25,26,27,30). The molecule has 0 radical (unpaired) electrons. The Morgan fingerprint density at radius 3 is 2.60 bits per heavy atom. The number of carbonyl (C=O) groups is 2. The smallest absolute Gasteiger partial charge is 0.257 e. The van der Waals surface area contributed by atoms with Crippen LogP contribution in [-0.4, -0.2) is 30.1 Å². The van der Waals surface area contributed by atoms with Crippen LogP contribution in [0.5, 0.6) is 5.75 Å². The number of ether oxygens (including phenoxy) is 1. The van der Waals surface area contributed by atoms with E-state index in [0.29, 0.717) is 46.1 Å². The van der Waals surface area contributed by atoms with E-state index < -0.39 is 0 Å². The van der Waals surface area contributed by atoms with Crippen LogP contribution >= 0.6 is 28.1 Å². The summed E-state index contributed by atoms with van der Waals surface area (Å²) in [4.78, 5) is 24.8. The average Bonchev–Trinajstić information content (AvgIpc) is 2.71. The Kier molecular flexibility index (Phi) is 9.01. The normalized spacial score (nSPS) is 10.3. The lowest BCUT2D eigenvalue weighted by molar-refractivity contribution is 0.0956. The number of nitrogens with one attached hydrogen (secondary N) is 3. The van der Waals surface area contributed by atoms with E-state index in [2.05, 4.69) is 52.3 Å². The number of anilines is 1. The van der Waals surface area contributed by atoms with E-state index in [9.17, 15) is 9.59 Å². The second-order valence-corrected chi connectivity index (χ2v) is 8.07. The Labute approximate surface area is 190 Å². The summed E-state index contributed by atoms with van der Waals surface area (Å²) in [6.45, 7) is 8.63. The minimum absolute atomic E-state index is 0.0835. The average molecular weight is 490 g/mol. The van der Waals surface area contributed by atoms with Crippen molar-refractivity contribution in [2.24, 2.45) is 5.92 Å². The topological polar surface area (TPSA) is 79.5 Å². The van der Waals surface area contributed by atoms with Crippen LogP contribution < -0.4 is 20.7 Å². The molecule has 2 aromatic carbocycles. The lowest BCUT2D eigenvalue weighted by Crippen LogP contribution is -2.35. The molecule has 2 amide bonds. The Balaban J connectivity index is 2.03. The summed E-state index contributed by atoms with van der Waals surface area (Å²) < 4.78 is 6.38. The van der Waals surface area contributed by atoms with Gasteiger partial charge in [-0.2, -0.15) is 0 Å². The molecule has 2 rings (SSSR count). The summed E-state index contributed by atoms with van der Waals surface area (Å²) in [7, 11) is 0. The number of rotatable bonds is 8. The summed E-state index contributed by atoms with van der Waals surface area (Å²) in [6, 6.07) is 12.0. The van der Waals surface area contributed by atoms with E-state index in [1.807, 2.05) is 0 Å². The van der Waals surface area contributed by atoms with Gasteiger partial charge in [0, 0.05) is 12.1 Å².